The molecule has 0 unspecified atom stereocenters. The monoisotopic (exact) mass is 417 g/mol. The van der Waals surface area contributed by atoms with Gasteiger partial charge in [0.15, 0.2) is 12.2 Å². The van der Waals surface area contributed by atoms with Crippen LogP contribution in [0.3, 0.4) is 0 Å². The molecule has 2 heterocycles. The van der Waals surface area contributed by atoms with E-state index in [2.05, 4.69) is 32.8 Å². The molecule has 1 aromatic heterocycles. The minimum Gasteiger partial charge on any atom is -1.00 e. The second kappa shape index (κ2) is 8.67. The molecule has 0 bridgehead atoms. The Labute approximate surface area is 175 Å². The predicted molar refractivity (Wildman–Crippen MR) is 105 cm³/mol. The Morgan fingerprint density at radius 1 is 1.18 bits per heavy atom. The number of anilines is 1. The molecule has 1 aliphatic heterocycles. The van der Waals surface area contributed by atoms with Gasteiger partial charge in [0, 0.05) is 16.3 Å². The van der Waals surface area contributed by atoms with Gasteiger partial charge >= 0.3 is 0 Å². The van der Waals surface area contributed by atoms with Crippen molar-refractivity contribution in [1.82, 2.24) is 4.57 Å². The van der Waals surface area contributed by atoms with Crippen molar-refractivity contribution in [3.63, 3.8) is 0 Å². The van der Waals surface area contributed by atoms with Gasteiger partial charge in [-0.1, -0.05) is 11.6 Å². The van der Waals surface area contributed by atoms with E-state index in [1.807, 2.05) is 12.1 Å². The van der Waals surface area contributed by atoms with Gasteiger partial charge in [0.05, 0.1) is 20.1 Å². The van der Waals surface area contributed by atoms with Gasteiger partial charge in [0.25, 0.3) is 11.7 Å². The first kappa shape index (κ1) is 20.2. The summed E-state index contributed by atoms with van der Waals surface area (Å²) in [6, 6.07) is 15.2. The normalized spacial score (nSPS) is 12.2. The molecular formula is C21H21Cl2N3O2. The van der Waals surface area contributed by atoms with Crippen LogP contribution in [0.1, 0.15) is 12.2 Å². The lowest BCUT2D eigenvalue weighted by molar-refractivity contribution is -0.690. The predicted octanol–water partition coefficient (Wildman–Crippen LogP) is 0.693. The SMILES string of the molecule is COc1ccc(-c2c[n+](CC(=O)Nc3ccc(Cl)cc3)c3n2CCC3)cc1.[Cl-]. The van der Waals surface area contributed by atoms with Crippen LogP contribution in [0.25, 0.3) is 11.3 Å². The summed E-state index contributed by atoms with van der Waals surface area (Å²) >= 11 is 5.89. The Morgan fingerprint density at radius 2 is 1.89 bits per heavy atom. The van der Waals surface area contributed by atoms with Crippen LogP contribution in [-0.4, -0.2) is 17.6 Å². The minimum absolute atomic E-state index is 0. The van der Waals surface area contributed by atoms with Gasteiger partial charge in [-0.25, -0.2) is 9.13 Å². The molecule has 1 aliphatic rings. The fraction of sp³-hybridized carbons (Fsp3) is 0.238. The molecule has 0 spiro atoms. The number of methoxy groups -OCH3 is 1. The number of ether oxygens (including phenoxy) is 1. The standard InChI is InChI=1S/C21H20ClN3O2.ClH/c1-27-18-10-4-15(5-11-18)19-13-24(21-3-2-12-25(19)21)14-20(26)23-17-8-6-16(22)7-9-17;/h4-11,13H,2-3,12,14H2,1H3;1H. The zero-order chi connectivity index (χ0) is 18.8. The number of imidazole rings is 1. The fourth-order valence-corrected chi connectivity index (χ4v) is 3.65. The Morgan fingerprint density at radius 3 is 2.57 bits per heavy atom. The molecular weight excluding hydrogens is 397 g/mol. The number of nitrogens with zero attached hydrogens (tertiary/aromatic N) is 2. The number of fused-ring (bicyclic) bond motifs is 1. The van der Waals surface area contributed by atoms with Crippen LogP contribution in [-0.2, 0) is 24.3 Å². The highest BCUT2D eigenvalue weighted by Crippen LogP contribution is 2.26. The highest BCUT2D eigenvalue weighted by atomic mass is 35.5. The smallest absolute Gasteiger partial charge is 0.266 e. The summed E-state index contributed by atoms with van der Waals surface area (Å²) in [7, 11) is 1.66. The van der Waals surface area contributed by atoms with E-state index < -0.39 is 0 Å². The quantitative estimate of drug-likeness (QED) is 0.621. The molecule has 7 heteroatoms. The van der Waals surface area contributed by atoms with E-state index in [1.165, 1.54) is 5.82 Å². The first-order valence-electron chi connectivity index (χ1n) is 8.96. The minimum atomic E-state index is -0.0519. The van der Waals surface area contributed by atoms with Gasteiger partial charge in [-0.3, -0.25) is 4.79 Å². The maximum Gasteiger partial charge on any atom is 0.266 e. The first-order chi connectivity index (χ1) is 13.1. The van der Waals surface area contributed by atoms with Crippen LogP contribution in [0, 0.1) is 0 Å². The number of amides is 1. The van der Waals surface area contributed by atoms with Crippen molar-refractivity contribution in [2.24, 2.45) is 0 Å². The maximum atomic E-state index is 12.5. The zero-order valence-electron chi connectivity index (χ0n) is 15.5. The van der Waals surface area contributed by atoms with Gasteiger partial charge in [0.2, 0.25) is 0 Å². The topological polar surface area (TPSA) is 47.1 Å². The van der Waals surface area contributed by atoms with Gasteiger partial charge in [-0.05, 0) is 55.0 Å². The van der Waals surface area contributed by atoms with Crippen LogP contribution in [0.5, 0.6) is 5.75 Å². The van der Waals surface area contributed by atoms with Gasteiger partial charge in [0.1, 0.15) is 11.9 Å². The summed E-state index contributed by atoms with van der Waals surface area (Å²) < 4.78 is 9.60. The number of hydrogen-bond acceptors (Lipinski definition) is 2. The average Bonchev–Trinajstić information content (AvgIpc) is 3.28. The van der Waals surface area contributed by atoms with Crippen LogP contribution in [0.4, 0.5) is 5.69 Å². The third-order valence-corrected chi connectivity index (χ3v) is 5.07. The summed E-state index contributed by atoms with van der Waals surface area (Å²) in [5.41, 5.74) is 3.00. The van der Waals surface area contributed by atoms with Gasteiger partial charge < -0.3 is 22.5 Å². The Balaban J connectivity index is 0.00000225. The van der Waals surface area contributed by atoms with E-state index in [-0.39, 0.29) is 24.9 Å². The summed E-state index contributed by atoms with van der Waals surface area (Å²) in [5, 5.41) is 3.58. The van der Waals surface area contributed by atoms with E-state index in [0.29, 0.717) is 5.02 Å². The molecule has 1 amide bonds. The number of benzene rings is 2. The van der Waals surface area contributed by atoms with Crippen LogP contribution < -0.4 is 27.0 Å². The third-order valence-electron chi connectivity index (χ3n) is 4.82. The molecule has 2 aromatic carbocycles. The van der Waals surface area contributed by atoms with Crippen molar-refractivity contribution in [1.29, 1.82) is 0 Å². The maximum absolute atomic E-state index is 12.5. The summed E-state index contributed by atoms with van der Waals surface area (Å²) in [6.45, 7) is 1.26. The van der Waals surface area contributed by atoms with E-state index in [0.717, 1.165) is 42.1 Å². The van der Waals surface area contributed by atoms with Crippen molar-refractivity contribution < 1.29 is 26.5 Å². The van der Waals surface area contributed by atoms with Gasteiger partial charge in [-0.2, -0.15) is 0 Å². The lowest BCUT2D eigenvalue weighted by Crippen LogP contribution is -3.00. The second-order valence-corrected chi connectivity index (χ2v) is 7.03. The average molecular weight is 418 g/mol. The Kier molecular flexibility index (Phi) is 6.27. The third kappa shape index (κ3) is 4.16. The molecule has 5 nitrogen and oxygen atoms in total. The van der Waals surface area contributed by atoms with Crippen molar-refractivity contribution in [3.05, 3.63) is 65.6 Å². The second-order valence-electron chi connectivity index (χ2n) is 6.60. The molecule has 28 heavy (non-hydrogen) atoms. The number of nitrogens with one attached hydrogen (secondary N) is 1. The van der Waals surface area contributed by atoms with E-state index in [4.69, 9.17) is 16.3 Å². The molecule has 4 rings (SSSR count). The van der Waals surface area contributed by atoms with Crippen molar-refractivity contribution in [3.8, 4) is 17.0 Å². The van der Waals surface area contributed by atoms with E-state index in [9.17, 15) is 4.79 Å². The van der Waals surface area contributed by atoms with Crippen molar-refractivity contribution in [2.45, 2.75) is 25.9 Å². The Hall–Kier alpha value is -2.50. The van der Waals surface area contributed by atoms with Gasteiger partial charge in [-0.15, -0.1) is 0 Å². The number of rotatable bonds is 5. The Bertz CT molecular complexity index is 967. The van der Waals surface area contributed by atoms with E-state index in [1.54, 1.807) is 31.4 Å². The van der Waals surface area contributed by atoms with Crippen LogP contribution in [0.15, 0.2) is 54.7 Å². The number of hydrogen-bond donors (Lipinski definition) is 1. The van der Waals surface area contributed by atoms with Crippen molar-refractivity contribution in [2.75, 3.05) is 12.4 Å². The highest BCUT2D eigenvalue weighted by Gasteiger charge is 2.29. The molecule has 0 saturated heterocycles. The molecule has 1 N–H and O–H groups in total. The van der Waals surface area contributed by atoms with E-state index >= 15 is 0 Å². The number of halogens is 2. The fourth-order valence-electron chi connectivity index (χ4n) is 3.53. The molecule has 0 fully saturated rings. The molecule has 0 atom stereocenters. The summed E-state index contributed by atoms with van der Waals surface area (Å²) in [6.07, 6.45) is 4.14. The largest absolute Gasteiger partial charge is 1.00 e. The molecule has 146 valence electrons. The number of aromatic nitrogens is 2. The lowest BCUT2D eigenvalue weighted by Gasteiger charge is -2.04. The summed E-state index contributed by atoms with van der Waals surface area (Å²) in [4.78, 5) is 12.5. The molecule has 0 radical (unpaired) electrons. The summed E-state index contributed by atoms with van der Waals surface area (Å²) in [5.74, 6) is 1.97. The number of carbonyl (C=O) groups excluding carboxylic acids is 1. The zero-order valence-corrected chi connectivity index (χ0v) is 17.0. The molecule has 0 aliphatic carbocycles. The molecule has 3 aromatic rings. The lowest BCUT2D eigenvalue weighted by atomic mass is 10.1. The molecule has 0 saturated carbocycles. The first-order valence-corrected chi connectivity index (χ1v) is 9.33. The van der Waals surface area contributed by atoms with Crippen molar-refractivity contribution >= 4 is 23.2 Å². The van der Waals surface area contributed by atoms with Crippen LogP contribution >= 0.6 is 11.6 Å². The van der Waals surface area contributed by atoms with Crippen LogP contribution in [0.2, 0.25) is 5.02 Å². The highest BCUT2D eigenvalue weighted by molar-refractivity contribution is 6.30. The number of carbonyl (C=O) groups is 1.